The Balaban J connectivity index is 0.00000288. The van der Waals surface area contributed by atoms with Crippen molar-refractivity contribution in [3.63, 3.8) is 0 Å². The smallest absolute Gasteiger partial charge is 0.262 e. The molecule has 24 heavy (non-hydrogen) atoms. The maximum atomic E-state index is 13.2. The van der Waals surface area contributed by atoms with Crippen molar-refractivity contribution >= 4 is 18.3 Å². The number of methoxy groups -OCH3 is 2. The highest BCUT2D eigenvalue weighted by molar-refractivity contribution is 5.85. The average Bonchev–Trinajstić information content (AvgIpc) is 2.89. The Morgan fingerprint density at radius 2 is 1.96 bits per heavy atom. The Bertz CT molecular complexity index is 543. The summed E-state index contributed by atoms with van der Waals surface area (Å²) in [5, 5.41) is 5.29. The molecule has 1 aliphatic rings. The van der Waals surface area contributed by atoms with Gasteiger partial charge < -0.3 is 14.8 Å². The van der Waals surface area contributed by atoms with Gasteiger partial charge in [-0.25, -0.2) is 8.78 Å². The Labute approximate surface area is 146 Å². The first-order valence-electron chi connectivity index (χ1n) is 7.44. The summed E-state index contributed by atoms with van der Waals surface area (Å²) in [4.78, 5) is 12.1. The predicted molar refractivity (Wildman–Crippen MR) is 89.0 cm³/mol. The number of alkyl halides is 2. The number of carbonyl (C=O) groups is 1. The number of halogens is 3. The molecule has 1 heterocycles. The summed E-state index contributed by atoms with van der Waals surface area (Å²) in [7, 11) is 3.12. The lowest BCUT2D eigenvalue weighted by Gasteiger charge is -2.25. The molecule has 3 atom stereocenters. The molecule has 136 valence electrons. The van der Waals surface area contributed by atoms with Crippen LogP contribution in [0.15, 0.2) is 24.3 Å². The quantitative estimate of drug-likeness (QED) is 0.813. The first-order valence-corrected chi connectivity index (χ1v) is 7.44. The van der Waals surface area contributed by atoms with E-state index in [1.165, 1.54) is 0 Å². The standard InChI is InChI=1S/C16H22F2N2O3.ClH/c1-10(20-15(21)13-8-16(17,18)9-19-13)14(23-3)11-4-6-12(22-2)7-5-11;/h4-7,10,13-14,19H,8-9H2,1-3H3,(H,20,21);1H. The van der Waals surface area contributed by atoms with Crippen LogP contribution in [-0.4, -0.2) is 44.7 Å². The van der Waals surface area contributed by atoms with Crippen molar-refractivity contribution in [1.29, 1.82) is 0 Å². The topological polar surface area (TPSA) is 59.6 Å². The first kappa shape index (κ1) is 20.6. The summed E-state index contributed by atoms with van der Waals surface area (Å²) in [6.07, 6.45) is -0.863. The summed E-state index contributed by atoms with van der Waals surface area (Å²) >= 11 is 0. The van der Waals surface area contributed by atoms with Gasteiger partial charge in [-0.05, 0) is 24.6 Å². The summed E-state index contributed by atoms with van der Waals surface area (Å²) in [6, 6.07) is 6.05. The van der Waals surface area contributed by atoms with Gasteiger partial charge in [0.25, 0.3) is 5.92 Å². The van der Waals surface area contributed by atoms with E-state index in [-0.39, 0.29) is 24.6 Å². The van der Waals surface area contributed by atoms with Gasteiger partial charge in [-0.15, -0.1) is 12.4 Å². The molecule has 1 fully saturated rings. The van der Waals surface area contributed by atoms with Crippen molar-refractivity contribution in [1.82, 2.24) is 10.6 Å². The minimum atomic E-state index is -2.83. The molecule has 0 aromatic heterocycles. The van der Waals surface area contributed by atoms with Gasteiger partial charge in [0.15, 0.2) is 0 Å². The molecule has 1 amide bonds. The van der Waals surface area contributed by atoms with Crippen molar-refractivity contribution in [2.45, 2.75) is 37.5 Å². The molecule has 0 saturated carbocycles. The molecular weight excluding hydrogens is 342 g/mol. The molecule has 2 rings (SSSR count). The van der Waals surface area contributed by atoms with E-state index < -0.39 is 30.8 Å². The molecule has 0 bridgehead atoms. The second-order valence-electron chi connectivity index (χ2n) is 5.72. The number of amides is 1. The van der Waals surface area contributed by atoms with Crippen LogP contribution in [0.3, 0.4) is 0 Å². The minimum absolute atomic E-state index is 0. The zero-order chi connectivity index (χ0) is 17.0. The van der Waals surface area contributed by atoms with Gasteiger partial charge in [-0.2, -0.15) is 0 Å². The van der Waals surface area contributed by atoms with Gasteiger partial charge >= 0.3 is 0 Å². The van der Waals surface area contributed by atoms with Crippen molar-refractivity contribution in [2.75, 3.05) is 20.8 Å². The van der Waals surface area contributed by atoms with E-state index in [0.29, 0.717) is 0 Å². The number of carbonyl (C=O) groups excluding carboxylic acids is 1. The van der Waals surface area contributed by atoms with Crippen molar-refractivity contribution in [2.24, 2.45) is 0 Å². The predicted octanol–water partition coefficient (Wildman–Crippen LogP) is 2.31. The Morgan fingerprint density at radius 3 is 2.42 bits per heavy atom. The number of hydrogen-bond acceptors (Lipinski definition) is 4. The molecule has 5 nitrogen and oxygen atoms in total. The van der Waals surface area contributed by atoms with E-state index in [1.807, 2.05) is 12.1 Å². The van der Waals surface area contributed by atoms with Crippen LogP contribution in [0.5, 0.6) is 5.75 Å². The van der Waals surface area contributed by atoms with E-state index in [0.717, 1.165) is 11.3 Å². The molecule has 1 aromatic rings. The van der Waals surface area contributed by atoms with Gasteiger partial charge in [0.2, 0.25) is 5.91 Å². The van der Waals surface area contributed by atoms with Gasteiger partial charge in [-0.3, -0.25) is 10.1 Å². The average molecular weight is 365 g/mol. The van der Waals surface area contributed by atoms with Crippen molar-refractivity contribution < 1.29 is 23.0 Å². The molecule has 1 aliphatic heterocycles. The molecule has 1 aromatic carbocycles. The zero-order valence-corrected chi connectivity index (χ0v) is 14.7. The molecule has 3 unspecified atom stereocenters. The number of hydrogen-bond donors (Lipinski definition) is 2. The molecular formula is C16H23ClF2N2O3. The molecule has 2 N–H and O–H groups in total. The van der Waals surface area contributed by atoms with Crippen LogP contribution in [0.2, 0.25) is 0 Å². The second-order valence-corrected chi connectivity index (χ2v) is 5.72. The monoisotopic (exact) mass is 364 g/mol. The third kappa shape index (κ3) is 5.03. The fraction of sp³-hybridized carbons (Fsp3) is 0.562. The van der Waals surface area contributed by atoms with E-state index in [2.05, 4.69) is 10.6 Å². The van der Waals surface area contributed by atoms with Crippen LogP contribution < -0.4 is 15.4 Å². The summed E-state index contributed by atoms with van der Waals surface area (Å²) in [6.45, 7) is 1.31. The summed E-state index contributed by atoms with van der Waals surface area (Å²) in [5.74, 6) is -2.55. The third-order valence-electron chi connectivity index (χ3n) is 3.95. The summed E-state index contributed by atoms with van der Waals surface area (Å²) in [5.41, 5.74) is 0.866. The van der Waals surface area contributed by atoms with Crippen LogP contribution in [0, 0.1) is 0 Å². The van der Waals surface area contributed by atoms with E-state index in [9.17, 15) is 13.6 Å². The highest BCUT2D eigenvalue weighted by Crippen LogP contribution is 2.26. The van der Waals surface area contributed by atoms with Crippen molar-refractivity contribution in [3.05, 3.63) is 29.8 Å². The lowest BCUT2D eigenvalue weighted by molar-refractivity contribution is -0.125. The number of rotatable bonds is 6. The van der Waals surface area contributed by atoms with Crippen molar-refractivity contribution in [3.8, 4) is 5.75 Å². The van der Waals surface area contributed by atoms with E-state index >= 15 is 0 Å². The van der Waals surface area contributed by atoms with E-state index in [4.69, 9.17) is 9.47 Å². The van der Waals surface area contributed by atoms with Crippen LogP contribution in [0.4, 0.5) is 8.78 Å². The van der Waals surface area contributed by atoms with Crippen LogP contribution >= 0.6 is 12.4 Å². The highest BCUT2D eigenvalue weighted by Gasteiger charge is 2.42. The lowest BCUT2D eigenvalue weighted by atomic mass is 10.0. The Hall–Kier alpha value is -1.44. The van der Waals surface area contributed by atoms with E-state index in [1.54, 1.807) is 33.3 Å². The molecule has 1 saturated heterocycles. The van der Waals surface area contributed by atoms with Crippen LogP contribution in [-0.2, 0) is 9.53 Å². The number of ether oxygens (including phenoxy) is 2. The summed E-state index contributed by atoms with van der Waals surface area (Å²) < 4.78 is 36.9. The highest BCUT2D eigenvalue weighted by atomic mass is 35.5. The maximum absolute atomic E-state index is 13.2. The van der Waals surface area contributed by atoms with Gasteiger partial charge in [0, 0.05) is 13.5 Å². The first-order chi connectivity index (χ1) is 10.9. The van der Waals surface area contributed by atoms with Gasteiger partial charge in [0.05, 0.1) is 25.7 Å². The maximum Gasteiger partial charge on any atom is 0.262 e. The lowest BCUT2D eigenvalue weighted by Crippen LogP contribution is -2.46. The van der Waals surface area contributed by atoms with Gasteiger partial charge in [0.1, 0.15) is 11.9 Å². The second kappa shape index (κ2) is 8.60. The fourth-order valence-electron chi connectivity index (χ4n) is 2.72. The molecule has 0 radical (unpaired) electrons. The Morgan fingerprint density at radius 1 is 1.33 bits per heavy atom. The Kier molecular flexibility index (Phi) is 7.38. The molecule has 8 heteroatoms. The third-order valence-corrected chi connectivity index (χ3v) is 3.95. The number of nitrogens with one attached hydrogen (secondary N) is 2. The minimum Gasteiger partial charge on any atom is -0.497 e. The number of benzene rings is 1. The molecule has 0 spiro atoms. The largest absolute Gasteiger partial charge is 0.497 e. The normalized spacial score (nSPS) is 21.5. The van der Waals surface area contributed by atoms with Gasteiger partial charge in [-0.1, -0.05) is 12.1 Å². The SMILES string of the molecule is COc1ccc(C(OC)C(C)NC(=O)C2CC(F)(F)CN2)cc1.Cl. The van der Waals surface area contributed by atoms with Crippen LogP contribution in [0.1, 0.15) is 25.0 Å². The molecule has 0 aliphatic carbocycles. The van der Waals surface area contributed by atoms with Crippen LogP contribution in [0.25, 0.3) is 0 Å². The fourth-order valence-corrected chi connectivity index (χ4v) is 2.72. The zero-order valence-electron chi connectivity index (χ0n) is 13.8.